The number of hydrogen-bond donors (Lipinski definition) is 2. The molecule has 4 rings (SSSR count). The summed E-state index contributed by atoms with van der Waals surface area (Å²) < 4.78 is 5.72. The van der Waals surface area contributed by atoms with Gasteiger partial charge in [-0.1, -0.05) is 18.2 Å². The fourth-order valence-electron chi connectivity index (χ4n) is 3.73. The van der Waals surface area contributed by atoms with E-state index in [1.165, 1.54) is 12.8 Å². The lowest BCUT2D eigenvalue weighted by Gasteiger charge is -2.42. The maximum absolute atomic E-state index is 12.5. The minimum Gasteiger partial charge on any atom is -0.480 e. The molecule has 0 radical (unpaired) electrons. The number of carbonyl (C=O) groups is 2. The maximum atomic E-state index is 12.5. The van der Waals surface area contributed by atoms with Crippen LogP contribution in [0.1, 0.15) is 41.8 Å². The monoisotopic (exact) mass is 356 g/mol. The molecule has 0 unspecified atom stereocenters. The molecule has 0 spiro atoms. The molecule has 0 bridgehead atoms. The van der Waals surface area contributed by atoms with Crippen LogP contribution in [-0.2, 0) is 4.79 Å². The molecule has 2 N–H and O–H groups in total. The first-order valence-corrected chi connectivity index (χ1v) is 9.25. The van der Waals surface area contributed by atoms with E-state index < -0.39 is 5.97 Å². The number of furan rings is 1. The zero-order valence-electron chi connectivity index (χ0n) is 14.9. The molecule has 2 aliphatic rings. The van der Waals surface area contributed by atoms with Crippen LogP contribution in [0.2, 0.25) is 0 Å². The minimum absolute atomic E-state index is 0.0808. The molecule has 2 aliphatic carbocycles. The first-order chi connectivity index (χ1) is 12.5. The van der Waals surface area contributed by atoms with Crippen LogP contribution >= 0.6 is 0 Å². The van der Waals surface area contributed by atoms with E-state index in [2.05, 4.69) is 10.2 Å². The van der Waals surface area contributed by atoms with E-state index in [4.69, 9.17) is 9.52 Å². The molecule has 2 aromatic rings. The number of para-hydroxylation sites is 1. The zero-order chi connectivity index (χ0) is 18.3. The molecule has 1 heterocycles. The highest BCUT2D eigenvalue weighted by Gasteiger charge is 2.38. The van der Waals surface area contributed by atoms with Crippen molar-refractivity contribution >= 4 is 22.8 Å². The number of nitrogens with one attached hydrogen (secondary N) is 1. The van der Waals surface area contributed by atoms with Gasteiger partial charge in [-0.2, -0.15) is 0 Å². The largest absolute Gasteiger partial charge is 0.480 e. The number of aryl methyl sites for hydroxylation is 1. The summed E-state index contributed by atoms with van der Waals surface area (Å²) in [5.41, 5.74) is 1.76. The fourth-order valence-corrected chi connectivity index (χ4v) is 3.73. The van der Waals surface area contributed by atoms with Gasteiger partial charge in [0.05, 0.1) is 6.54 Å². The number of hydrogen-bond acceptors (Lipinski definition) is 4. The molecule has 1 amide bonds. The Balaban J connectivity index is 1.34. The Morgan fingerprint density at radius 1 is 1.31 bits per heavy atom. The topological polar surface area (TPSA) is 82.8 Å². The Hall–Kier alpha value is -2.34. The maximum Gasteiger partial charge on any atom is 0.317 e. The van der Waals surface area contributed by atoms with Gasteiger partial charge in [0.15, 0.2) is 5.76 Å². The van der Waals surface area contributed by atoms with E-state index in [9.17, 15) is 9.59 Å². The van der Waals surface area contributed by atoms with Crippen LogP contribution in [0.5, 0.6) is 0 Å². The van der Waals surface area contributed by atoms with Crippen molar-refractivity contribution in [3.8, 4) is 0 Å². The van der Waals surface area contributed by atoms with Crippen LogP contribution < -0.4 is 5.32 Å². The van der Waals surface area contributed by atoms with E-state index in [1.54, 1.807) is 6.07 Å². The average Bonchev–Trinajstić information content (AvgIpc) is 3.24. The second-order valence-corrected chi connectivity index (χ2v) is 7.67. The summed E-state index contributed by atoms with van der Waals surface area (Å²) in [6.45, 7) is 2.91. The van der Waals surface area contributed by atoms with Crippen molar-refractivity contribution in [2.24, 2.45) is 5.92 Å². The Labute approximate surface area is 152 Å². The van der Waals surface area contributed by atoms with E-state index in [1.807, 2.05) is 25.1 Å². The number of rotatable bonds is 7. The van der Waals surface area contributed by atoms with Crippen molar-refractivity contribution in [3.05, 3.63) is 35.6 Å². The Morgan fingerprint density at radius 2 is 2.08 bits per heavy atom. The van der Waals surface area contributed by atoms with Gasteiger partial charge >= 0.3 is 5.97 Å². The number of nitrogens with zero attached hydrogens (tertiary/aromatic N) is 1. The Kier molecular flexibility index (Phi) is 4.44. The first kappa shape index (κ1) is 17.1. The van der Waals surface area contributed by atoms with Crippen molar-refractivity contribution < 1.29 is 19.1 Å². The lowest BCUT2D eigenvalue weighted by Crippen LogP contribution is -2.55. The highest BCUT2D eigenvalue weighted by atomic mass is 16.4. The fraction of sp³-hybridized carbons (Fsp3) is 0.500. The second kappa shape index (κ2) is 6.76. The number of carboxylic acids is 1. The van der Waals surface area contributed by atoms with Gasteiger partial charge in [0.1, 0.15) is 5.58 Å². The van der Waals surface area contributed by atoms with Gasteiger partial charge < -0.3 is 14.8 Å². The summed E-state index contributed by atoms with van der Waals surface area (Å²) in [6.07, 6.45) is 4.00. The van der Waals surface area contributed by atoms with Gasteiger partial charge in [-0.15, -0.1) is 0 Å². The van der Waals surface area contributed by atoms with Crippen molar-refractivity contribution in [1.82, 2.24) is 10.2 Å². The highest BCUT2D eigenvalue weighted by molar-refractivity contribution is 5.96. The normalized spacial score (nSPS) is 22.4. The number of benzene rings is 1. The molecule has 2 saturated carbocycles. The molecule has 1 aromatic heterocycles. The standard InChI is InChI=1S/C20H24N2O4/c1-12-3-2-4-14-7-17(26-19(12)14)20(25)21-15-8-16(9-15)22(11-18(23)24)10-13-5-6-13/h2-4,7,13,15-16H,5-6,8-11H2,1H3,(H,21,25)(H,23,24). The minimum atomic E-state index is -0.782. The Bertz CT molecular complexity index is 833. The van der Waals surface area contributed by atoms with Crippen LogP contribution in [0, 0.1) is 12.8 Å². The first-order valence-electron chi connectivity index (χ1n) is 9.25. The molecular weight excluding hydrogens is 332 g/mol. The van der Waals surface area contributed by atoms with Crippen LogP contribution in [0.15, 0.2) is 28.7 Å². The van der Waals surface area contributed by atoms with Gasteiger partial charge in [0.2, 0.25) is 0 Å². The van der Waals surface area contributed by atoms with Gasteiger partial charge in [-0.3, -0.25) is 14.5 Å². The summed E-state index contributed by atoms with van der Waals surface area (Å²) >= 11 is 0. The molecule has 0 atom stereocenters. The van der Waals surface area contributed by atoms with Crippen LogP contribution in [0.25, 0.3) is 11.0 Å². The quantitative estimate of drug-likeness (QED) is 0.797. The van der Waals surface area contributed by atoms with Gasteiger partial charge in [-0.25, -0.2) is 0 Å². The summed E-state index contributed by atoms with van der Waals surface area (Å²) in [6, 6.07) is 7.94. The smallest absolute Gasteiger partial charge is 0.317 e. The molecule has 1 aromatic carbocycles. The lowest BCUT2D eigenvalue weighted by atomic mass is 9.85. The van der Waals surface area contributed by atoms with Gasteiger partial charge in [-0.05, 0) is 50.2 Å². The van der Waals surface area contributed by atoms with Crippen LogP contribution in [0.3, 0.4) is 0 Å². The Morgan fingerprint density at radius 3 is 2.73 bits per heavy atom. The summed E-state index contributed by atoms with van der Waals surface area (Å²) in [5, 5.41) is 13.1. The molecule has 6 heteroatoms. The van der Waals surface area contributed by atoms with Crippen molar-refractivity contribution in [3.63, 3.8) is 0 Å². The van der Waals surface area contributed by atoms with Crippen LogP contribution in [0.4, 0.5) is 0 Å². The molecule has 6 nitrogen and oxygen atoms in total. The predicted octanol–water partition coefficient (Wildman–Crippen LogP) is 2.80. The summed E-state index contributed by atoms with van der Waals surface area (Å²) in [7, 11) is 0. The predicted molar refractivity (Wildman–Crippen MR) is 97.2 cm³/mol. The lowest BCUT2D eigenvalue weighted by molar-refractivity contribution is -0.139. The molecule has 0 aliphatic heterocycles. The van der Waals surface area contributed by atoms with E-state index in [-0.39, 0.29) is 24.5 Å². The third kappa shape index (κ3) is 3.60. The average molecular weight is 356 g/mol. The summed E-state index contributed by atoms with van der Waals surface area (Å²) in [4.78, 5) is 25.6. The summed E-state index contributed by atoms with van der Waals surface area (Å²) in [5.74, 6) is 0.00621. The van der Waals surface area contributed by atoms with Crippen molar-refractivity contribution in [2.75, 3.05) is 13.1 Å². The van der Waals surface area contributed by atoms with E-state index >= 15 is 0 Å². The van der Waals surface area contributed by atoms with Crippen molar-refractivity contribution in [2.45, 2.75) is 44.7 Å². The number of fused-ring (bicyclic) bond motifs is 1. The molecule has 138 valence electrons. The molecular formula is C20H24N2O4. The zero-order valence-corrected chi connectivity index (χ0v) is 14.9. The highest BCUT2D eigenvalue weighted by Crippen LogP contribution is 2.34. The SMILES string of the molecule is Cc1cccc2cc(C(=O)NC3CC(N(CC(=O)O)CC4CC4)C3)oc12. The molecule has 2 fully saturated rings. The second-order valence-electron chi connectivity index (χ2n) is 7.67. The molecule has 26 heavy (non-hydrogen) atoms. The number of carbonyl (C=O) groups excluding carboxylic acids is 1. The van der Waals surface area contributed by atoms with Gasteiger partial charge in [0.25, 0.3) is 5.91 Å². The van der Waals surface area contributed by atoms with E-state index in [0.717, 1.165) is 35.9 Å². The van der Waals surface area contributed by atoms with E-state index in [0.29, 0.717) is 11.7 Å². The number of aliphatic carboxylic acids is 1. The van der Waals surface area contributed by atoms with Gasteiger partial charge in [0, 0.05) is 24.0 Å². The third-order valence-electron chi connectivity index (χ3n) is 5.46. The number of carboxylic acid groups (broad SMARTS) is 1. The van der Waals surface area contributed by atoms with Crippen LogP contribution in [-0.4, -0.2) is 47.1 Å². The number of amides is 1. The molecule has 0 saturated heterocycles. The van der Waals surface area contributed by atoms with Crippen molar-refractivity contribution in [1.29, 1.82) is 0 Å². The third-order valence-corrected chi connectivity index (χ3v) is 5.46.